The third-order valence-electron chi connectivity index (χ3n) is 3.63. The predicted octanol–water partition coefficient (Wildman–Crippen LogP) is 0.690. The molecule has 18 heavy (non-hydrogen) atoms. The number of aliphatic hydroxyl groups excluding tert-OH is 1. The molecule has 2 aromatic heterocycles. The minimum absolute atomic E-state index is 0.124. The Kier molecular flexibility index (Phi) is 2.62. The molecule has 3 rings (SSSR count). The van der Waals surface area contributed by atoms with Gasteiger partial charge in [-0.15, -0.1) is 0 Å². The zero-order valence-electron chi connectivity index (χ0n) is 9.70. The Balaban J connectivity index is 2.03. The van der Waals surface area contributed by atoms with Gasteiger partial charge in [0.05, 0.1) is 12.4 Å². The molecule has 1 saturated carbocycles. The second kappa shape index (κ2) is 4.16. The van der Waals surface area contributed by atoms with Gasteiger partial charge < -0.3 is 15.4 Å². The molecule has 7 heteroatoms. The van der Waals surface area contributed by atoms with Crippen molar-refractivity contribution in [2.45, 2.75) is 25.1 Å². The Morgan fingerprint density at radius 3 is 2.94 bits per heavy atom. The zero-order valence-corrected chi connectivity index (χ0v) is 9.70. The van der Waals surface area contributed by atoms with E-state index >= 15 is 0 Å². The SMILES string of the molecule is Nc1ncnc2c1ncn2[C@H]1CC[C@@H](CO)[C@@H]1F. The summed E-state index contributed by atoms with van der Waals surface area (Å²) in [6.45, 7) is -0.124. The van der Waals surface area contributed by atoms with E-state index in [9.17, 15) is 4.39 Å². The van der Waals surface area contributed by atoms with Gasteiger partial charge in [0.2, 0.25) is 0 Å². The minimum atomic E-state index is -1.08. The second-order valence-electron chi connectivity index (χ2n) is 4.61. The third kappa shape index (κ3) is 1.54. The molecular formula is C11H14FN5O. The van der Waals surface area contributed by atoms with Gasteiger partial charge in [0.15, 0.2) is 11.5 Å². The van der Waals surface area contributed by atoms with E-state index in [0.29, 0.717) is 29.8 Å². The summed E-state index contributed by atoms with van der Waals surface area (Å²) in [7, 11) is 0. The Bertz CT molecular complexity index is 572. The monoisotopic (exact) mass is 251 g/mol. The maximum atomic E-state index is 14.2. The molecule has 0 aliphatic heterocycles. The first kappa shape index (κ1) is 11.3. The van der Waals surface area contributed by atoms with Crippen LogP contribution < -0.4 is 5.73 Å². The maximum Gasteiger partial charge on any atom is 0.165 e. The highest BCUT2D eigenvalue weighted by Crippen LogP contribution is 2.38. The van der Waals surface area contributed by atoms with E-state index in [1.165, 1.54) is 6.33 Å². The topological polar surface area (TPSA) is 89.9 Å². The van der Waals surface area contributed by atoms with Gasteiger partial charge in [0.25, 0.3) is 0 Å². The van der Waals surface area contributed by atoms with Crippen molar-refractivity contribution in [1.82, 2.24) is 19.5 Å². The van der Waals surface area contributed by atoms with Crippen LogP contribution in [0.2, 0.25) is 0 Å². The fourth-order valence-corrected chi connectivity index (χ4v) is 2.61. The van der Waals surface area contributed by atoms with Crippen molar-refractivity contribution >= 4 is 17.0 Å². The lowest BCUT2D eigenvalue weighted by molar-refractivity contribution is 0.141. The Hall–Kier alpha value is -1.76. The summed E-state index contributed by atoms with van der Waals surface area (Å²) < 4.78 is 15.9. The molecule has 3 atom stereocenters. The number of halogens is 1. The molecule has 0 radical (unpaired) electrons. The molecule has 6 nitrogen and oxygen atoms in total. The molecular weight excluding hydrogens is 237 g/mol. The highest BCUT2D eigenvalue weighted by atomic mass is 19.1. The molecule has 96 valence electrons. The number of aliphatic hydroxyl groups is 1. The lowest BCUT2D eigenvalue weighted by Crippen LogP contribution is -2.21. The Labute approximate surface area is 103 Å². The van der Waals surface area contributed by atoms with Gasteiger partial charge in [-0.3, -0.25) is 0 Å². The van der Waals surface area contributed by atoms with Crippen molar-refractivity contribution in [1.29, 1.82) is 0 Å². The number of nitrogens with zero attached hydrogens (tertiary/aromatic N) is 4. The molecule has 0 amide bonds. The molecule has 1 fully saturated rings. The normalized spacial score (nSPS) is 28.0. The molecule has 1 aliphatic rings. The van der Waals surface area contributed by atoms with E-state index in [4.69, 9.17) is 10.8 Å². The number of hydrogen-bond acceptors (Lipinski definition) is 5. The predicted molar refractivity (Wildman–Crippen MR) is 63.5 cm³/mol. The van der Waals surface area contributed by atoms with Crippen molar-refractivity contribution in [3.63, 3.8) is 0 Å². The van der Waals surface area contributed by atoms with Crippen LogP contribution in [-0.4, -0.2) is 37.4 Å². The van der Waals surface area contributed by atoms with E-state index in [1.807, 2.05) is 0 Å². The summed E-state index contributed by atoms with van der Waals surface area (Å²) in [6, 6.07) is -0.332. The van der Waals surface area contributed by atoms with Gasteiger partial charge >= 0.3 is 0 Å². The lowest BCUT2D eigenvalue weighted by atomic mass is 10.1. The van der Waals surface area contributed by atoms with Crippen LogP contribution in [0.15, 0.2) is 12.7 Å². The number of imidazole rings is 1. The first-order valence-electron chi connectivity index (χ1n) is 5.90. The first-order valence-corrected chi connectivity index (χ1v) is 5.90. The first-order chi connectivity index (χ1) is 8.72. The molecule has 0 saturated heterocycles. The summed E-state index contributed by atoms with van der Waals surface area (Å²) in [5.74, 6) is -0.00232. The van der Waals surface area contributed by atoms with Gasteiger partial charge in [0, 0.05) is 12.5 Å². The number of fused-ring (bicyclic) bond motifs is 1. The lowest BCUT2D eigenvalue weighted by Gasteiger charge is -2.17. The standard InChI is InChI=1S/C11H14FN5O/c12-8-6(3-18)1-2-7(8)17-5-16-9-10(13)14-4-15-11(9)17/h4-8,18H,1-3H2,(H2,13,14,15)/t6-,7-,8-/m0/s1. The van der Waals surface area contributed by atoms with Gasteiger partial charge in [-0.25, -0.2) is 19.3 Å². The average molecular weight is 251 g/mol. The van der Waals surface area contributed by atoms with E-state index < -0.39 is 6.17 Å². The van der Waals surface area contributed by atoms with E-state index in [2.05, 4.69) is 15.0 Å². The van der Waals surface area contributed by atoms with E-state index in [0.717, 1.165) is 0 Å². The van der Waals surface area contributed by atoms with Crippen molar-refractivity contribution < 1.29 is 9.50 Å². The molecule has 0 aromatic carbocycles. The highest BCUT2D eigenvalue weighted by Gasteiger charge is 2.37. The molecule has 3 N–H and O–H groups in total. The van der Waals surface area contributed by atoms with Gasteiger partial charge in [-0.2, -0.15) is 0 Å². The van der Waals surface area contributed by atoms with Crippen LogP contribution >= 0.6 is 0 Å². The van der Waals surface area contributed by atoms with Crippen molar-refractivity contribution in [2.24, 2.45) is 5.92 Å². The summed E-state index contributed by atoms with van der Waals surface area (Å²) >= 11 is 0. The van der Waals surface area contributed by atoms with Crippen LogP contribution in [0.25, 0.3) is 11.2 Å². The third-order valence-corrected chi connectivity index (χ3v) is 3.63. The molecule has 0 unspecified atom stereocenters. The minimum Gasteiger partial charge on any atom is -0.396 e. The number of rotatable bonds is 2. The molecule has 0 bridgehead atoms. The second-order valence-corrected chi connectivity index (χ2v) is 4.61. The van der Waals surface area contributed by atoms with Gasteiger partial charge in [0.1, 0.15) is 18.0 Å². The smallest absolute Gasteiger partial charge is 0.165 e. The van der Waals surface area contributed by atoms with Crippen LogP contribution in [0, 0.1) is 5.92 Å². The summed E-state index contributed by atoms with van der Waals surface area (Å²) in [5, 5.41) is 9.10. The van der Waals surface area contributed by atoms with Crippen molar-refractivity contribution in [3.05, 3.63) is 12.7 Å². The van der Waals surface area contributed by atoms with Crippen LogP contribution in [0.1, 0.15) is 18.9 Å². The fourth-order valence-electron chi connectivity index (χ4n) is 2.61. The highest BCUT2D eigenvalue weighted by molar-refractivity contribution is 5.81. The molecule has 2 heterocycles. The van der Waals surface area contributed by atoms with E-state index in [1.54, 1.807) is 10.9 Å². The Morgan fingerprint density at radius 1 is 1.39 bits per heavy atom. The van der Waals surface area contributed by atoms with Crippen LogP contribution in [0.3, 0.4) is 0 Å². The number of aromatic nitrogens is 4. The number of alkyl halides is 1. The van der Waals surface area contributed by atoms with Crippen molar-refractivity contribution in [3.8, 4) is 0 Å². The number of anilines is 1. The summed E-state index contributed by atoms with van der Waals surface area (Å²) in [5.41, 5.74) is 6.74. The summed E-state index contributed by atoms with van der Waals surface area (Å²) in [6.07, 6.45) is 3.15. The van der Waals surface area contributed by atoms with Crippen LogP contribution in [0.4, 0.5) is 10.2 Å². The Morgan fingerprint density at radius 2 is 2.22 bits per heavy atom. The largest absolute Gasteiger partial charge is 0.396 e. The van der Waals surface area contributed by atoms with Crippen LogP contribution in [0.5, 0.6) is 0 Å². The van der Waals surface area contributed by atoms with Gasteiger partial charge in [-0.1, -0.05) is 0 Å². The zero-order chi connectivity index (χ0) is 12.7. The maximum absolute atomic E-state index is 14.2. The quantitative estimate of drug-likeness (QED) is 0.819. The van der Waals surface area contributed by atoms with Crippen molar-refractivity contribution in [2.75, 3.05) is 12.3 Å². The fraction of sp³-hybridized carbons (Fsp3) is 0.545. The molecule has 1 aliphatic carbocycles. The average Bonchev–Trinajstić information content (AvgIpc) is 2.93. The van der Waals surface area contributed by atoms with E-state index in [-0.39, 0.29) is 18.6 Å². The molecule has 2 aromatic rings. The molecule has 0 spiro atoms. The summed E-state index contributed by atoms with van der Waals surface area (Å²) in [4.78, 5) is 12.1. The van der Waals surface area contributed by atoms with Crippen LogP contribution in [-0.2, 0) is 0 Å². The number of nitrogens with two attached hydrogens (primary N) is 1. The number of hydrogen-bond donors (Lipinski definition) is 2. The number of nitrogen functional groups attached to an aromatic ring is 1. The van der Waals surface area contributed by atoms with Gasteiger partial charge in [-0.05, 0) is 12.8 Å².